The number of hydrogen-bond donors (Lipinski definition) is 1. The third kappa shape index (κ3) is 4.10. The molecule has 0 fully saturated rings. The van der Waals surface area contributed by atoms with Gasteiger partial charge in [0, 0.05) is 31.3 Å². The molecule has 0 saturated carbocycles. The van der Waals surface area contributed by atoms with E-state index in [9.17, 15) is 4.79 Å². The van der Waals surface area contributed by atoms with Crippen LogP contribution in [0.25, 0.3) is 0 Å². The van der Waals surface area contributed by atoms with E-state index in [2.05, 4.69) is 10.3 Å². The molecule has 0 aliphatic heterocycles. The highest BCUT2D eigenvalue weighted by molar-refractivity contribution is 6.31. The Morgan fingerprint density at radius 2 is 2.21 bits per heavy atom. The van der Waals surface area contributed by atoms with Crippen molar-refractivity contribution < 1.29 is 9.21 Å². The Balaban J connectivity index is 1.77. The molecule has 0 aliphatic carbocycles. The van der Waals surface area contributed by atoms with Gasteiger partial charge in [-0.05, 0) is 11.6 Å². The fourth-order valence-corrected chi connectivity index (χ4v) is 1.89. The van der Waals surface area contributed by atoms with Gasteiger partial charge >= 0.3 is 0 Å². The molecule has 5 heteroatoms. The molecular formula is C14H15ClN2O2. The summed E-state index contributed by atoms with van der Waals surface area (Å²) in [6.45, 7) is 2.22. The normalized spacial score (nSPS) is 10.4. The maximum Gasteiger partial charge on any atom is 0.220 e. The Bertz CT molecular complexity index is 566. The molecule has 2 rings (SSSR count). The number of benzene rings is 1. The maximum atomic E-state index is 11.7. The molecule has 0 radical (unpaired) electrons. The summed E-state index contributed by atoms with van der Waals surface area (Å²) in [7, 11) is 0. The van der Waals surface area contributed by atoms with E-state index >= 15 is 0 Å². The van der Waals surface area contributed by atoms with Gasteiger partial charge in [0.25, 0.3) is 0 Å². The van der Waals surface area contributed by atoms with Crippen molar-refractivity contribution in [1.29, 1.82) is 0 Å². The van der Waals surface area contributed by atoms with Crippen LogP contribution in [0.4, 0.5) is 0 Å². The molecule has 4 nitrogen and oxygen atoms in total. The van der Waals surface area contributed by atoms with E-state index in [1.54, 1.807) is 19.3 Å². The molecule has 1 heterocycles. The second-order valence-electron chi connectivity index (χ2n) is 4.23. The van der Waals surface area contributed by atoms with Crippen molar-refractivity contribution in [1.82, 2.24) is 10.3 Å². The number of oxazole rings is 1. The molecule has 1 aromatic carbocycles. The zero-order valence-electron chi connectivity index (χ0n) is 10.6. The number of rotatable bonds is 5. The van der Waals surface area contributed by atoms with E-state index in [0.29, 0.717) is 30.3 Å². The summed E-state index contributed by atoms with van der Waals surface area (Å²) < 4.78 is 5.08. The molecule has 1 aromatic heterocycles. The molecule has 19 heavy (non-hydrogen) atoms. The SMILES string of the molecule is Cc1nc(CCC(=O)NCc2ccccc2Cl)co1. The van der Waals surface area contributed by atoms with Crippen LogP contribution in [0.3, 0.4) is 0 Å². The molecule has 0 bridgehead atoms. The fourth-order valence-electron chi connectivity index (χ4n) is 1.69. The van der Waals surface area contributed by atoms with E-state index in [1.165, 1.54) is 0 Å². The quantitative estimate of drug-likeness (QED) is 0.915. The molecule has 0 atom stereocenters. The van der Waals surface area contributed by atoms with Gasteiger partial charge in [-0.15, -0.1) is 0 Å². The molecular weight excluding hydrogens is 264 g/mol. The number of aryl methyl sites for hydroxylation is 2. The lowest BCUT2D eigenvalue weighted by Crippen LogP contribution is -2.23. The first-order valence-electron chi connectivity index (χ1n) is 6.06. The molecule has 0 spiro atoms. The Labute approximate surface area is 116 Å². The summed E-state index contributed by atoms with van der Waals surface area (Å²) in [5, 5.41) is 3.50. The summed E-state index contributed by atoms with van der Waals surface area (Å²) >= 11 is 6.01. The summed E-state index contributed by atoms with van der Waals surface area (Å²) in [6, 6.07) is 7.46. The van der Waals surface area contributed by atoms with Gasteiger partial charge < -0.3 is 9.73 Å². The molecule has 0 aliphatic rings. The van der Waals surface area contributed by atoms with E-state index < -0.39 is 0 Å². The number of amides is 1. The van der Waals surface area contributed by atoms with Crippen LogP contribution in [0.5, 0.6) is 0 Å². The molecule has 1 N–H and O–H groups in total. The number of carbonyl (C=O) groups excluding carboxylic acids is 1. The molecule has 1 amide bonds. The summed E-state index contributed by atoms with van der Waals surface area (Å²) in [6.07, 6.45) is 2.54. The van der Waals surface area contributed by atoms with Gasteiger partial charge in [0.2, 0.25) is 5.91 Å². The van der Waals surface area contributed by atoms with E-state index in [4.69, 9.17) is 16.0 Å². The van der Waals surface area contributed by atoms with E-state index in [1.807, 2.05) is 18.2 Å². The highest BCUT2D eigenvalue weighted by Crippen LogP contribution is 2.14. The van der Waals surface area contributed by atoms with Crippen LogP contribution in [0.2, 0.25) is 5.02 Å². The number of halogens is 1. The Hall–Kier alpha value is -1.81. The van der Waals surface area contributed by atoms with Gasteiger partial charge in [-0.2, -0.15) is 0 Å². The highest BCUT2D eigenvalue weighted by Gasteiger charge is 2.06. The number of aromatic nitrogens is 1. The average molecular weight is 279 g/mol. The Kier molecular flexibility index (Phi) is 4.58. The Morgan fingerprint density at radius 3 is 2.89 bits per heavy atom. The lowest BCUT2D eigenvalue weighted by atomic mass is 10.2. The highest BCUT2D eigenvalue weighted by atomic mass is 35.5. The number of nitrogens with one attached hydrogen (secondary N) is 1. The van der Waals surface area contributed by atoms with Crippen molar-refractivity contribution >= 4 is 17.5 Å². The number of hydrogen-bond acceptors (Lipinski definition) is 3. The first kappa shape index (κ1) is 13.6. The van der Waals surface area contributed by atoms with Crippen LogP contribution in [0, 0.1) is 6.92 Å². The molecule has 2 aromatic rings. The van der Waals surface area contributed by atoms with Gasteiger partial charge in [-0.25, -0.2) is 4.98 Å². The van der Waals surface area contributed by atoms with Crippen molar-refractivity contribution in [3.05, 3.63) is 52.7 Å². The van der Waals surface area contributed by atoms with Crippen molar-refractivity contribution in [3.63, 3.8) is 0 Å². The summed E-state index contributed by atoms with van der Waals surface area (Å²) in [4.78, 5) is 15.8. The van der Waals surface area contributed by atoms with Gasteiger partial charge in [0.1, 0.15) is 6.26 Å². The third-order valence-electron chi connectivity index (χ3n) is 2.71. The number of nitrogens with zero attached hydrogens (tertiary/aromatic N) is 1. The van der Waals surface area contributed by atoms with Gasteiger partial charge in [0.15, 0.2) is 5.89 Å². The van der Waals surface area contributed by atoms with E-state index in [-0.39, 0.29) is 5.91 Å². The van der Waals surface area contributed by atoms with Crippen LogP contribution in [0.1, 0.15) is 23.6 Å². The van der Waals surface area contributed by atoms with Crippen molar-refractivity contribution in [2.24, 2.45) is 0 Å². The van der Waals surface area contributed by atoms with Crippen LogP contribution in [-0.4, -0.2) is 10.9 Å². The van der Waals surface area contributed by atoms with E-state index in [0.717, 1.165) is 11.3 Å². The second-order valence-corrected chi connectivity index (χ2v) is 4.63. The van der Waals surface area contributed by atoms with Crippen molar-refractivity contribution in [2.75, 3.05) is 0 Å². The molecule has 0 saturated heterocycles. The van der Waals surface area contributed by atoms with Crippen LogP contribution < -0.4 is 5.32 Å². The zero-order chi connectivity index (χ0) is 13.7. The lowest BCUT2D eigenvalue weighted by Gasteiger charge is -2.06. The van der Waals surface area contributed by atoms with Gasteiger partial charge in [-0.3, -0.25) is 4.79 Å². The first-order chi connectivity index (χ1) is 9.15. The van der Waals surface area contributed by atoms with Crippen molar-refractivity contribution in [3.8, 4) is 0 Å². The minimum atomic E-state index is -0.0272. The van der Waals surface area contributed by atoms with Gasteiger partial charge in [-0.1, -0.05) is 29.8 Å². The van der Waals surface area contributed by atoms with Crippen LogP contribution in [-0.2, 0) is 17.8 Å². The monoisotopic (exact) mass is 278 g/mol. The predicted octanol–water partition coefficient (Wildman–Crippen LogP) is 2.89. The Morgan fingerprint density at radius 1 is 1.42 bits per heavy atom. The van der Waals surface area contributed by atoms with Crippen LogP contribution in [0.15, 0.2) is 34.9 Å². The molecule has 0 unspecified atom stereocenters. The number of carbonyl (C=O) groups is 1. The lowest BCUT2D eigenvalue weighted by molar-refractivity contribution is -0.121. The first-order valence-corrected chi connectivity index (χ1v) is 6.44. The minimum Gasteiger partial charge on any atom is -0.449 e. The third-order valence-corrected chi connectivity index (χ3v) is 3.08. The van der Waals surface area contributed by atoms with Crippen LogP contribution >= 0.6 is 11.6 Å². The topological polar surface area (TPSA) is 55.1 Å². The smallest absolute Gasteiger partial charge is 0.220 e. The second kappa shape index (κ2) is 6.38. The standard InChI is InChI=1S/C14H15ClN2O2/c1-10-17-12(9-19-10)6-7-14(18)16-8-11-4-2-3-5-13(11)15/h2-5,9H,6-8H2,1H3,(H,16,18). The van der Waals surface area contributed by atoms with Crippen molar-refractivity contribution in [2.45, 2.75) is 26.3 Å². The molecule has 100 valence electrons. The summed E-state index contributed by atoms with van der Waals surface area (Å²) in [5.74, 6) is 0.590. The maximum absolute atomic E-state index is 11.7. The largest absolute Gasteiger partial charge is 0.449 e. The summed E-state index contributed by atoms with van der Waals surface area (Å²) in [5.41, 5.74) is 1.71. The fraction of sp³-hybridized carbons (Fsp3) is 0.286. The zero-order valence-corrected chi connectivity index (χ0v) is 11.4. The average Bonchev–Trinajstić information content (AvgIpc) is 2.81. The van der Waals surface area contributed by atoms with Gasteiger partial charge in [0.05, 0.1) is 5.69 Å². The predicted molar refractivity (Wildman–Crippen MR) is 72.9 cm³/mol. The minimum absolute atomic E-state index is 0.0272.